The van der Waals surface area contributed by atoms with Gasteiger partial charge >= 0.3 is 0 Å². The van der Waals surface area contributed by atoms with Gasteiger partial charge in [-0.3, -0.25) is 0 Å². The van der Waals surface area contributed by atoms with Crippen LogP contribution < -0.4 is 0 Å². The predicted molar refractivity (Wildman–Crippen MR) is 67.4 cm³/mol. The number of nitrogens with one attached hydrogen (secondary N) is 1. The SMILES string of the molecule is C=C(c1cccc(O)c1)c1sc(=S)[nH]c1O. The topological polar surface area (TPSA) is 56.2 Å². The van der Waals surface area contributed by atoms with E-state index in [-0.39, 0.29) is 11.6 Å². The second-order valence-electron chi connectivity index (χ2n) is 3.22. The molecular formula is C11H9NO2S2. The number of thiazole rings is 1. The fraction of sp³-hybridized carbons (Fsp3) is 0. The van der Waals surface area contributed by atoms with E-state index in [9.17, 15) is 10.2 Å². The summed E-state index contributed by atoms with van der Waals surface area (Å²) in [6.45, 7) is 3.88. The molecule has 0 saturated heterocycles. The Morgan fingerprint density at radius 1 is 1.38 bits per heavy atom. The first-order valence-corrected chi connectivity index (χ1v) is 5.71. The van der Waals surface area contributed by atoms with Crippen molar-refractivity contribution in [1.82, 2.24) is 4.98 Å². The van der Waals surface area contributed by atoms with Gasteiger partial charge in [-0.05, 0) is 35.5 Å². The second kappa shape index (κ2) is 4.11. The van der Waals surface area contributed by atoms with Gasteiger partial charge in [0.25, 0.3) is 0 Å². The Kier molecular flexibility index (Phi) is 2.80. The van der Waals surface area contributed by atoms with E-state index in [4.69, 9.17) is 12.2 Å². The molecule has 1 aromatic carbocycles. The Morgan fingerprint density at radius 2 is 2.12 bits per heavy atom. The lowest BCUT2D eigenvalue weighted by Crippen LogP contribution is -1.82. The molecule has 2 rings (SSSR count). The molecule has 0 aliphatic carbocycles. The number of H-pyrrole nitrogens is 1. The van der Waals surface area contributed by atoms with E-state index in [0.29, 0.717) is 14.4 Å². The highest BCUT2D eigenvalue weighted by molar-refractivity contribution is 7.73. The van der Waals surface area contributed by atoms with Crippen molar-refractivity contribution in [2.45, 2.75) is 0 Å². The Hall–Kier alpha value is -1.59. The summed E-state index contributed by atoms with van der Waals surface area (Å²) in [5.74, 6) is 0.181. The molecule has 1 aromatic heterocycles. The lowest BCUT2D eigenvalue weighted by atomic mass is 10.1. The monoisotopic (exact) mass is 251 g/mol. The minimum atomic E-state index is 0.0170. The van der Waals surface area contributed by atoms with Gasteiger partial charge in [0.2, 0.25) is 5.88 Å². The summed E-state index contributed by atoms with van der Waals surface area (Å²) >= 11 is 6.18. The minimum absolute atomic E-state index is 0.0170. The third-order valence-corrected chi connectivity index (χ3v) is 3.38. The van der Waals surface area contributed by atoms with Gasteiger partial charge in [-0.1, -0.05) is 18.7 Å². The highest BCUT2D eigenvalue weighted by Gasteiger charge is 2.11. The van der Waals surface area contributed by atoms with Gasteiger partial charge in [-0.2, -0.15) is 0 Å². The van der Waals surface area contributed by atoms with Gasteiger partial charge in [0.05, 0.1) is 4.88 Å². The molecule has 0 spiro atoms. The number of rotatable bonds is 2. The van der Waals surface area contributed by atoms with E-state index >= 15 is 0 Å². The molecular weight excluding hydrogens is 242 g/mol. The zero-order valence-corrected chi connectivity index (χ0v) is 9.86. The summed E-state index contributed by atoms with van der Waals surface area (Å²) in [5.41, 5.74) is 1.38. The number of phenolic OH excluding ortho intramolecular Hbond substituents is 1. The van der Waals surface area contributed by atoms with Crippen LogP contribution in [0.15, 0.2) is 30.8 Å². The Labute approximate surface area is 101 Å². The van der Waals surface area contributed by atoms with Crippen molar-refractivity contribution in [1.29, 1.82) is 0 Å². The van der Waals surface area contributed by atoms with E-state index in [1.165, 1.54) is 11.3 Å². The van der Waals surface area contributed by atoms with E-state index in [2.05, 4.69) is 11.6 Å². The van der Waals surface area contributed by atoms with Crippen LogP contribution in [0, 0.1) is 3.95 Å². The van der Waals surface area contributed by atoms with Crippen molar-refractivity contribution in [2.24, 2.45) is 0 Å². The molecule has 5 heteroatoms. The number of phenols is 1. The fourth-order valence-corrected chi connectivity index (χ4v) is 2.42. The molecule has 0 radical (unpaired) electrons. The van der Waals surface area contributed by atoms with Crippen LogP contribution in [0.5, 0.6) is 11.6 Å². The highest BCUT2D eigenvalue weighted by Crippen LogP contribution is 2.33. The summed E-state index contributed by atoms with van der Waals surface area (Å²) in [7, 11) is 0. The molecule has 0 amide bonds. The minimum Gasteiger partial charge on any atom is -0.508 e. The normalized spacial score (nSPS) is 10.2. The molecule has 0 atom stereocenters. The molecule has 0 bridgehead atoms. The first-order chi connectivity index (χ1) is 7.58. The average molecular weight is 251 g/mol. The third kappa shape index (κ3) is 2.00. The number of benzene rings is 1. The molecule has 16 heavy (non-hydrogen) atoms. The molecule has 2 aromatic rings. The summed E-state index contributed by atoms with van der Waals surface area (Å²) in [5, 5.41) is 19.0. The fourth-order valence-electron chi connectivity index (χ4n) is 1.35. The van der Waals surface area contributed by atoms with E-state index < -0.39 is 0 Å². The average Bonchev–Trinajstić information content (AvgIpc) is 2.57. The molecule has 0 aliphatic rings. The molecule has 0 saturated carbocycles. The molecule has 3 N–H and O–H groups in total. The van der Waals surface area contributed by atoms with Gasteiger partial charge < -0.3 is 15.2 Å². The van der Waals surface area contributed by atoms with Crippen LogP contribution in [-0.4, -0.2) is 15.2 Å². The van der Waals surface area contributed by atoms with Crippen molar-refractivity contribution in [3.63, 3.8) is 0 Å². The maximum absolute atomic E-state index is 9.60. The highest BCUT2D eigenvalue weighted by atomic mass is 32.1. The van der Waals surface area contributed by atoms with Crippen LogP contribution in [0.25, 0.3) is 5.57 Å². The Balaban J connectivity index is 2.47. The molecule has 3 nitrogen and oxygen atoms in total. The summed E-state index contributed by atoms with van der Waals surface area (Å²) < 4.78 is 0.494. The van der Waals surface area contributed by atoms with Crippen LogP contribution in [-0.2, 0) is 0 Å². The zero-order valence-electron chi connectivity index (χ0n) is 8.23. The first-order valence-electron chi connectivity index (χ1n) is 4.48. The van der Waals surface area contributed by atoms with Gasteiger partial charge in [0.15, 0.2) is 3.95 Å². The first kappa shape index (κ1) is 10.9. The van der Waals surface area contributed by atoms with Crippen molar-refractivity contribution >= 4 is 29.1 Å². The number of hydrogen-bond donors (Lipinski definition) is 3. The molecule has 0 fully saturated rings. The van der Waals surface area contributed by atoms with Crippen LogP contribution in [0.4, 0.5) is 0 Å². The van der Waals surface area contributed by atoms with Gasteiger partial charge in [0, 0.05) is 0 Å². The van der Waals surface area contributed by atoms with Crippen LogP contribution >= 0.6 is 23.6 Å². The Bertz CT molecular complexity index is 598. The van der Waals surface area contributed by atoms with Crippen molar-refractivity contribution in [2.75, 3.05) is 0 Å². The number of aromatic hydroxyl groups is 2. The maximum atomic E-state index is 9.60. The van der Waals surface area contributed by atoms with Crippen molar-refractivity contribution in [3.05, 3.63) is 45.2 Å². The smallest absolute Gasteiger partial charge is 0.208 e. The molecule has 1 heterocycles. The summed E-state index contributed by atoms with van der Waals surface area (Å²) in [4.78, 5) is 3.23. The maximum Gasteiger partial charge on any atom is 0.208 e. The lowest BCUT2D eigenvalue weighted by molar-refractivity contribution is 0.455. The van der Waals surface area contributed by atoms with E-state index in [0.717, 1.165) is 5.56 Å². The van der Waals surface area contributed by atoms with E-state index in [1.807, 2.05) is 6.07 Å². The number of aromatic nitrogens is 1. The summed E-state index contributed by atoms with van der Waals surface area (Å²) in [6, 6.07) is 6.70. The second-order valence-corrected chi connectivity index (χ2v) is 4.91. The van der Waals surface area contributed by atoms with Crippen LogP contribution in [0.1, 0.15) is 10.4 Å². The summed E-state index contributed by atoms with van der Waals surface area (Å²) in [6.07, 6.45) is 0. The molecule has 0 aliphatic heterocycles. The number of hydrogen-bond acceptors (Lipinski definition) is 4. The van der Waals surface area contributed by atoms with Gasteiger partial charge in [0.1, 0.15) is 5.75 Å². The quantitative estimate of drug-likeness (QED) is 0.718. The van der Waals surface area contributed by atoms with Gasteiger partial charge in [-0.25, -0.2) is 0 Å². The van der Waals surface area contributed by atoms with Gasteiger partial charge in [-0.15, -0.1) is 11.3 Å². The largest absolute Gasteiger partial charge is 0.508 e. The van der Waals surface area contributed by atoms with Crippen molar-refractivity contribution in [3.8, 4) is 11.6 Å². The molecule has 82 valence electrons. The van der Waals surface area contributed by atoms with E-state index in [1.54, 1.807) is 18.2 Å². The molecule has 0 unspecified atom stereocenters. The standard InChI is InChI=1S/C11H9NO2S2/c1-6(7-3-2-4-8(13)5-7)9-10(14)12-11(15)16-9/h2-5,13-14H,1H2,(H,12,15). The third-order valence-electron chi connectivity index (χ3n) is 2.10. The number of aromatic amines is 1. The van der Waals surface area contributed by atoms with Crippen LogP contribution in [0.3, 0.4) is 0 Å². The van der Waals surface area contributed by atoms with Crippen molar-refractivity contribution < 1.29 is 10.2 Å². The predicted octanol–water partition coefficient (Wildman–Crippen LogP) is 3.28. The lowest BCUT2D eigenvalue weighted by Gasteiger charge is -2.03. The Morgan fingerprint density at radius 3 is 2.69 bits per heavy atom. The van der Waals surface area contributed by atoms with Crippen LogP contribution in [0.2, 0.25) is 0 Å². The zero-order chi connectivity index (χ0) is 11.7.